The molecular formula is C8H10O2. The molecule has 1 fully saturated rings. The van der Waals surface area contributed by atoms with Gasteiger partial charge in [0.2, 0.25) is 0 Å². The summed E-state index contributed by atoms with van der Waals surface area (Å²) in [4.78, 5) is 11.1. The number of carbonyl (C=O) groups is 1. The molecule has 2 nitrogen and oxygen atoms in total. The predicted octanol–water partition coefficient (Wildman–Crippen LogP) is 1.27. The van der Waals surface area contributed by atoms with Gasteiger partial charge in [-0.05, 0) is 19.3 Å². The maximum Gasteiger partial charge on any atom is 0.312 e. The van der Waals surface area contributed by atoms with Gasteiger partial charge in [-0.15, -0.1) is 0 Å². The van der Waals surface area contributed by atoms with Crippen LogP contribution in [0, 0.1) is 5.41 Å². The van der Waals surface area contributed by atoms with Crippen molar-refractivity contribution < 1.29 is 9.53 Å². The third-order valence-corrected chi connectivity index (χ3v) is 2.43. The third-order valence-electron chi connectivity index (χ3n) is 2.43. The van der Waals surface area contributed by atoms with E-state index in [-0.39, 0.29) is 11.4 Å². The van der Waals surface area contributed by atoms with Crippen LogP contribution in [0.4, 0.5) is 0 Å². The largest absolute Gasteiger partial charge is 0.465 e. The Bertz CT molecular complexity index is 185. The number of rotatable bonds is 0. The van der Waals surface area contributed by atoms with Crippen molar-refractivity contribution in [2.75, 3.05) is 6.61 Å². The average molecular weight is 138 g/mol. The highest BCUT2D eigenvalue weighted by Gasteiger charge is 2.44. The summed E-state index contributed by atoms with van der Waals surface area (Å²) in [6, 6.07) is 0. The standard InChI is InChI=1S/C8H10O2/c9-7-8(5-6-10-7)3-1-2-4-8/h1-2H,3-6H2. The van der Waals surface area contributed by atoms with Gasteiger partial charge in [0.25, 0.3) is 0 Å². The molecule has 0 aromatic heterocycles. The molecule has 0 saturated carbocycles. The minimum absolute atomic E-state index is 0.0116. The lowest BCUT2D eigenvalue weighted by Gasteiger charge is -2.15. The highest BCUT2D eigenvalue weighted by atomic mass is 16.5. The Kier molecular flexibility index (Phi) is 1.10. The van der Waals surface area contributed by atoms with Crippen LogP contribution >= 0.6 is 0 Å². The van der Waals surface area contributed by atoms with Crippen molar-refractivity contribution in [3.05, 3.63) is 12.2 Å². The van der Waals surface area contributed by atoms with Crippen LogP contribution < -0.4 is 0 Å². The van der Waals surface area contributed by atoms with Gasteiger partial charge in [0, 0.05) is 0 Å². The molecule has 0 amide bonds. The number of cyclic esters (lactones) is 1. The summed E-state index contributed by atoms with van der Waals surface area (Å²) < 4.78 is 4.91. The van der Waals surface area contributed by atoms with Crippen molar-refractivity contribution in [1.82, 2.24) is 0 Å². The molecule has 1 heterocycles. The van der Waals surface area contributed by atoms with E-state index >= 15 is 0 Å². The first-order valence-corrected chi connectivity index (χ1v) is 3.66. The summed E-state index contributed by atoms with van der Waals surface area (Å²) in [6.45, 7) is 0.626. The highest BCUT2D eigenvalue weighted by molar-refractivity contribution is 5.79. The fourth-order valence-electron chi connectivity index (χ4n) is 1.67. The molecule has 0 N–H and O–H groups in total. The van der Waals surface area contributed by atoms with Gasteiger partial charge < -0.3 is 4.74 Å². The normalized spacial score (nSPS) is 27.8. The van der Waals surface area contributed by atoms with Gasteiger partial charge in [0.15, 0.2) is 0 Å². The Balaban J connectivity index is 2.22. The summed E-state index contributed by atoms with van der Waals surface area (Å²) >= 11 is 0. The average Bonchev–Trinajstić information content (AvgIpc) is 2.48. The first-order chi connectivity index (χ1) is 4.83. The molecule has 0 radical (unpaired) electrons. The highest BCUT2D eigenvalue weighted by Crippen LogP contribution is 2.41. The maximum atomic E-state index is 11.1. The summed E-state index contributed by atoms with van der Waals surface area (Å²) in [5.74, 6) is 0.0116. The molecule has 1 saturated heterocycles. The van der Waals surface area contributed by atoms with E-state index in [9.17, 15) is 4.79 Å². The lowest BCUT2D eigenvalue weighted by molar-refractivity contribution is -0.145. The van der Waals surface area contributed by atoms with Crippen LogP contribution in [0.3, 0.4) is 0 Å². The zero-order valence-electron chi connectivity index (χ0n) is 5.80. The van der Waals surface area contributed by atoms with Crippen LogP contribution in [0.25, 0.3) is 0 Å². The Hall–Kier alpha value is -0.790. The van der Waals surface area contributed by atoms with E-state index in [1.807, 2.05) is 0 Å². The van der Waals surface area contributed by atoms with Gasteiger partial charge in [-0.2, -0.15) is 0 Å². The molecule has 0 aromatic carbocycles. The van der Waals surface area contributed by atoms with E-state index in [2.05, 4.69) is 12.2 Å². The van der Waals surface area contributed by atoms with Gasteiger partial charge >= 0.3 is 5.97 Å². The first kappa shape index (κ1) is 5.96. The van der Waals surface area contributed by atoms with Crippen LogP contribution in [-0.2, 0) is 9.53 Å². The van der Waals surface area contributed by atoms with E-state index in [4.69, 9.17) is 4.74 Å². The van der Waals surface area contributed by atoms with Crippen LogP contribution in [0.1, 0.15) is 19.3 Å². The summed E-state index contributed by atoms with van der Waals surface area (Å²) in [7, 11) is 0. The SMILES string of the molecule is O=C1OCCC12CC=CC2. The van der Waals surface area contributed by atoms with Gasteiger partial charge in [0.1, 0.15) is 0 Å². The molecule has 2 rings (SSSR count). The van der Waals surface area contributed by atoms with Crippen LogP contribution in [0.5, 0.6) is 0 Å². The second-order valence-corrected chi connectivity index (χ2v) is 3.05. The van der Waals surface area contributed by atoms with Crippen LogP contribution in [0.15, 0.2) is 12.2 Å². The number of hydrogen-bond donors (Lipinski definition) is 0. The predicted molar refractivity (Wildman–Crippen MR) is 36.4 cm³/mol. The van der Waals surface area contributed by atoms with Gasteiger partial charge in [-0.3, -0.25) is 4.79 Å². The van der Waals surface area contributed by atoms with Gasteiger partial charge in [-0.1, -0.05) is 12.2 Å². The van der Waals surface area contributed by atoms with Crippen LogP contribution in [0.2, 0.25) is 0 Å². The molecule has 2 heteroatoms. The molecule has 54 valence electrons. The molecule has 1 aliphatic heterocycles. The number of ether oxygens (including phenoxy) is 1. The summed E-state index contributed by atoms with van der Waals surface area (Å²) in [5.41, 5.74) is -0.125. The second-order valence-electron chi connectivity index (χ2n) is 3.05. The monoisotopic (exact) mass is 138 g/mol. The quantitative estimate of drug-likeness (QED) is 0.372. The lowest BCUT2D eigenvalue weighted by atomic mass is 9.84. The van der Waals surface area contributed by atoms with Gasteiger partial charge in [-0.25, -0.2) is 0 Å². The Morgan fingerprint density at radius 1 is 1.40 bits per heavy atom. The smallest absolute Gasteiger partial charge is 0.312 e. The molecule has 0 aromatic rings. The lowest BCUT2D eigenvalue weighted by Crippen LogP contribution is -2.22. The zero-order chi connectivity index (χ0) is 7.03. The van der Waals surface area contributed by atoms with E-state index < -0.39 is 0 Å². The van der Waals surface area contributed by atoms with E-state index in [1.54, 1.807) is 0 Å². The van der Waals surface area contributed by atoms with Crippen molar-refractivity contribution >= 4 is 5.97 Å². The van der Waals surface area contributed by atoms with Crippen molar-refractivity contribution in [3.8, 4) is 0 Å². The summed E-state index contributed by atoms with van der Waals surface area (Å²) in [5, 5.41) is 0. The summed E-state index contributed by atoms with van der Waals surface area (Å²) in [6.07, 6.45) is 6.86. The van der Waals surface area contributed by atoms with Crippen LogP contribution in [-0.4, -0.2) is 12.6 Å². The minimum Gasteiger partial charge on any atom is -0.465 e. The first-order valence-electron chi connectivity index (χ1n) is 3.66. The second kappa shape index (κ2) is 1.84. The fraction of sp³-hybridized carbons (Fsp3) is 0.625. The minimum atomic E-state index is -0.125. The van der Waals surface area contributed by atoms with E-state index in [1.165, 1.54) is 0 Å². The molecular weight excluding hydrogens is 128 g/mol. The molecule has 0 atom stereocenters. The molecule has 10 heavy (non-hydrogen) atoms. The Morgan fingerprint density at radius 2 is 2.10 bits per heavy atom. The molecule has 1 aliphatic carbocycles. The number of hydrogen-bond acceptors (Lipinski definition) is 2. The molecule has 1 spiro atoms. The van der Waals surface area contributed by atoms with Crippen molar-refractivity contribution in [3.63, 3.8) is 0 Å². The van der Waals surface area contributed by atoms with E-state index in [0.29, 0.717) is 6.61 Å². The van der Waals surface area contributed by atoms with Crippen molar-refractivity contribution in [2.45, 2.75) is 19.3 Å². The molecule has 0 bridgehead atoms. The Labute approximate surface area is 59.9 Å². The maximum absolute atomic E-state index is 11.1. The molecule has 0 unspecified atom stereocenters. The van der Waals surface area contributed by atoms with Gasteiger partial charge in [0.05, 0.1) is 12.0 Å². The number of carbonyl (C=O) groups excluding carboxylic acids is 1. The zero-order valence-corrected chi connectivity index (χ0v) is 5.80. The number of allylic oxidation sites excluding steroid dienone is 2. The number of esters is 1. The topological polar surface area (TPSA) is 26.3 Å². The van der Waals surface area contributed by atoms with E-state index in [0.717, 1.165) is 19.3 Å². The Morgan fingerprint density at radius 3 is 2.60 bits per heavy atom. The molecule has 2 aliphatic rings. The fourth-order valence-corrected chi connectivity index (χ4v) is 1.67. The third kappa shape index (κ3) is 0.618. The van der Waals surface area contributed by atoms with Crippen molar-refractivity contribution in [1.29, 1.82) is 0 Å². The van der Waals surface area contributed by atoms with Crippen molar-refractivity contribution in [2.24, 2.45) is 5.41 Å².